The van der Waals surface area contributed by atoms with Crippen LogP contribution in [0.15, 0.2) is 18.2 Å². The normalized spacial score (nSPS) is 21.0. The average Bonchev–Trinajstić information content (AvgIpc) is 2.89. The molecule has 7 heteroatoms. The molecule has 1 heterocycles. The van der Waals surface area contributed by atoms with Crippen LogP contribution < -0.4 is 10.6 Å². The lowest BCUT2D eigenvalue weighted by molar-refractivity contribution is -0.149. The second kappa shape index (κ2) is 6.53. The molecular weight excluding hydrogens is 279 g/mol. The first-order valence-electron chi connectivity index (χ1n) is 6.65. The van der Waals surface area contributed by atoms with Crippen molar-refractivity contribution >= 4 is 17.7 Å². The van der Waals surface area contributed by atoms with Crippen LogP contribution in [0.3, 0.4) is 0 Å². The fourth-order valence-corrected chi connectivity index (χ4v) is 2.18. The Hall–Kier alpha value is -2.15. The number of aliphatic carboxylic acids is 1. The largest absolute Gasteiger partial charge is 0.479 e. The van der Waals surface area contributed by atoms with Gasteiger partial charge in [0.1, 0.15) is 5.82 Å². The van der Waals surface area contributed by atoms with E-state index in [-0.39, 0.29) is 18.5 Å². The van der Waals surface area contributed by atoms with Crippen LogP contribution in [-0.4, -0.2) is 35.9 Å². The number of rotatable bonds is 4. The summed E-state index contributed by atoms with van der Waals surface area (Å²) in [5.74, 6) is -1.35. The minimum Gasteiger partial charge on any atom is -0.479 e. The topological polar surface area (TPSA) is 87.7 Å². The van der Waals surface area contributed by atoms with Gasteiger partial charge in [-0.15, -0.1) is 0 Å². The van der Waals surface area contributed by atoms with Crippen LogP contribution in [0.1, 0.15) is 18.4 Å². The molecule has 0 saturated carbocycles. The van der Waals surface area contributed by atoms with Gasteiger partial charge in [0.05, 0.1) is 6.10 Å². The Labute approximate surface area is 121 Å². The molecule has 1 aliphatic heterocycles. The zero-order valence-electron chi connectivity index (χ0n) is 11.6. The number of carbonyl (C=O) groups is 2. The van der Waals surface area contributed by atoms with Gasteiger partial charge in [-0.1, -0.05) is 0 Å². The summed E-state index contributed by atoms with van der Waals surface area (Å²) < 4.78 is 18.2. The van der Waals surface area contributed by atoms with Crippen LogP contribution in [0, 0.1) is 12.7 Å². The number of halogens is 1. The monoisotopic (exact) mass is 296 g/mol. The van der Waals surface area contributed by atoms with Crippen molar-refractivity contribution in [2.24, 2.45) is 0 Å². The van der Waals surface area contributed by atoms with E-state index in [0.717, 1.165) is 0 Å². The molecule has 114 valence electrons. The van der Waals surface area contributed by atoms with Crippen LogP contribution in [-0.2, 0) is 9.53 Å². The maximum atomic E-state index is 12.9. The van der Waals surface area contributed by atoms with E-state index in [1.165, 1.54) is 18.2 Å². The highest BCUT2D eigenvalue weighted by Gasteiger charge is 2.30. The fraction of sp³-hybridized carbons (Fsp3) is 0.429. The van der Waals surface area contributed by atoms with Crippen molar-refractivity contribution in [3.63, 3.8) is 0 Å². The highest BCUT2D eigenvalue weighted by atomic mass is 19.1. The Bertz CT molecular complexity index is 550. The number of carboxylic acid groups (broad SMARTS) is 1. The van der Waals surface area contributed by atoms with Gasteiger partial charge in [0, 0.05) is 12.2 Å². The number of aryl methyl sites for hydroxylation is 1. The molecule has 6 nitrogen and oxygen atoms in total. The molecule has 2 atom stereocenters. The van der Waals surface area contributed by atoms with Gasteiger partial charge in [0.25, 0.3) is 0 Å². The maximum Gasteiger partial charge on any atom is 0.332 e. The fourth-order valence-electron chi connectivity index (χ4n) is 2.18. The van der Waals surface area contributed by atoms with Crippen molar-refractivity contribution in [3.8, 4) is 0 Å². The van der Waals surface area contributed by atoms with E-state index in [9.17, 15) is 14.0 Å². The second-order valence-corrected chi connectivity index (χ2v) is 4.96. The molecule has 3 N–H and O–H groups in total. The van der Waals surface area contributed by atoms with Crippen LogP contribution in [0.2, 0.25) is 0 Å². The Balaban J connectivity index is 1.79. The Morgan fingerprint density at radius 3 is 2.81 bits per heavy atom. The van der Waals surface area contributed by atoms with Crippen molar-refractivity contribution < 1.29 is 23.8 Å². The second-order valence-electron chi connectivity index (χ2n) is 4.96. The van der Waals surface area contributed by atoms with E-state index in [4.69, 9.17) is 9.84 Å². The molecule has 2 rings (SSSR count). The third-order valence-electron chi connectivity index (χ3n) is 3.31. The van der Waals surface area contributed by atoms with Crippen LogP contribution in [0.5, 0.6) is 0 Å². The zero-order chi connectivity index (χ0) is 15.4. The summed E-state index contributed by atoms with van der Waals surface area (Å²) in [5, 5.41) is 14.0. The van der Waals surface area contributed by atoms with Gasteiger partial charge < -0.3 is 20.5 Å². The third-order valence-corrected chi connectivity index (χ3v) is 3.31. The number of benzene rings is 1. The summed E-state index contributed by atoms with van der Waals surface area (Å²) in [6, 6.07) is 3.64. The number of hydrogen-bond donors (Lipinski definition) is 3. The van der Waals surface area contributed by atoms with E-state index in [1.54, 1.807) is 6.92 Å². The number of nitrogens with one attached hydrogen (secondary N) is 2. The lowest BCUT2D eigenvalue weighted by Crippen LogP contribution is -2.36. The van der Waals surface area contributed by atoms with Crippen molar-refractivity contribution in [2.45, 2.75) is 32.0 Å². The van der Waals surface area contributed by atoms with Crippen molar-refractivity contribution in [2.75, 3.05) is 11.9 Å². The molecule has 1 saturated heterocycles. The van der Waals surface area contributed by atoms with E-state index >= 15 is 0 Å². The quantitative estimate of drug-likeness (QED) is 0.791. The molecule has 0 aromatic heterocycles. The standard InChI is InChI=1S/C14H17FN2O4/c1-8-6-9(15)2-4-11(8)17-14(20)16-7-10-3-5-12(21-10)13(18)19/h2,4,6,10,12H,3,5,7H2,1H3,(H,18,19)(H2,16,17,20). The molecule has 1 aliphatic rings. The predicted molar refractivity (Wildman–Crippen MR) is 73.7 cm³/mol. The molecule has 2 amide bonds. The van der Waals surface area contributed by atoms with Gasteiger partial charge in [0.15, 0.2) is 6.10 Å². The van der Waals surface area contributed by atoms with E-state index in [2.05, 4.69) is 10.6 Å². The summed E-state index contributed by atoms with van der Waals surface area (Å²) in [6.07, 6.45) is -0.0573. The summed E-state index contributed by atoms with van der Waals surface area (Å²) >= 11 is 0. The lowest BCUT2D eigenvalue weighted by atomic mass is 10.2. The van der Waals surface area contributed by atoms with Gasteiger partial charge in [-0.3, -0.25) is 0 Å². The smallest absolute Gasteiger partial charge is 0.332 e. The van der Waals surface area contributed by atoms with Gasteiger partial charge in [-0.05, 0) is 43.5 Å². The first kappa shape index (κ1) is 15.2. The maximum absolute atomic E-state index is 12.9. The molecule has 21 heavy (non-hydrogen) atoms. The molecule has 0 aliphatic carbocycles. The minimum atomic E-state index is -0.983. The highest BCUT2D eigenvalue weighted by molar-refractivity contribution is 5.90. The number of ether oxygens (including phenoxy) is 1. The summed E-state index contributed by atoms with van der Waals surface area (Å²) in [7, 11) is 0. The number of anilines is 1. The van der Waals surface area contributed by atoms with Crippen molar-refractivity contribution in [1.29, 1.82) is 0 Å². The molecule has 1 fully saturated rings. The lowest BCUT2D eigenvalue weighted by Gasteiger charge is -2.14. The molecule has 0 bridgehead atoms. The van der Waals surface area contributed by atoms with Gasteiger partial charge in [-0.2, -0.15) is 0 Å². The number of urea groups is 1. The summed E-state index contributed by atoms with van der Waals surface area (Å²) in [4.78, 5) is 22.5. The Morgan fingerprint density at radius 2 is 2.19 bits per heavy atom. The van der Waals surface area contributed by atoms with Gasteiger partial charge in [0.2, 0.25) is 0 Å². The predicted octanol–water partition coefficient (Wildman–Crippen LogP) is 1.89. The number of amides is 2. The molecule has 1 aromatic rings. The molecule has 1 aromatic carbocycles. The van der Waals surface area contributed by atoms with Gasteiger partial charge >= 0.3 is 12.0 Å². The van der Waals surface area contributed by atoms with E-state index in [0.29, 0.717) is 24.1 Å². The van der Waals surface area contributed by atoms with E-state index in [1.807, 2.05) is 0 Å². The first-order chi connectivity index (χ1) is 9.95. The number of carbonyl (C=O) groups excluding carboxylic acids is 1. The Morgan fingerprint density at radius 1 is 1.43 bits per heavy atom. The van der Waals surface area contributed by atoms with Crippen LogP contribution >= 0.6 is 0 Å². The minimum absolute atomic E-state index is 0.232. The molecule has 2 unspecified atom stereocenters. The van der Waals surface area contributed by atoms with Gasteiger partial charge in [-0.25, -0.2) is 14.0 Å². The average molecular weight is 296 g/mol. The highest BCUT2D eigenvalue weighted by Crippen LogP contribution is 2.19. The van der Waals surface area contributed by atoms with Crippen molar-refractivity contribution in [3.05, 3.63) is 29.6 Å². The number of carboxylic acids is 1. The number of hydrogen-bond acceptors (Lipinski definition) is 3. The molecular formula is C14H17FN2O4. The van der Waals surface area contributed by atoms with E-state index < -0.39 is 18.1 Å². The first-order valence-corrected chi connectivity index (χ1v) is 6.65. The summed E-state index contributed by atoms with van der Waals surface area (Å²) in [6.45, 7) is 1.92. The Kier molecular flexibility index (Phi) is 4.74. The molecule has 0 radical (unpaired) electrons. The zero-order valence-corrected chi connectivity index (χ0v) is 11.6. The third kappa shape index (κ3) is 4.16. The molecule has 0 spiro atoms. The van der Waals surface area contributed by atoms with Crippen LogP contribution in [0.4, 0.5) is 14.9 Å². The summed E-state index contributed by atoms with van der Waals surface area (Å²) in [5.41, 5.74) is 1.14. The van der Waals surface area contributed by atoms with Crippen LogP contribution in [0.25, 0.3) is 0 Å². The van der Waals surface area contributed by atoms with Crippen molar-refractivity contribution in [1.82, 2.24) is 5.32 Å². The SMILES string of the molecule is Cc1cc(F)ccc1NC(=O)NCC1CCC(C(=O)O)O1.